The van der Waals surface area contributed by atoms with Crippen molar-refractivity contribution in [3.63, 3.8) is 0 Å². The molecule has 9 nitrogen and oxygen atoms in total. The van der Waals surface area contributed by atoms with E-state index in [1.807, 2.05) is 49.4 Å². The predicted octanol–water partition coefficient (Wildman–Crippen LogP) is 1.42. The molecule has 0 radical (unpaired) electrons. The molecule has 0 saturated carbocycles. The number of rotatable bonds is 4. The quantitative estimate of drug-likeness (QED) is 0.657. The van der Waals surface area contributed by atoms with Crippen LogP contribution in [0.2, 0.25) is 0 Å². The van der Waals surface area contributed by atoms with Gasteiger partial charge in [-0.15, -0.1) is 0 Å². The summed E-state index contributed by atoms with van der Waals surface area (Å²) in [4.78, 5) is 6.37. The van der Waals surface area contributed by atoms with E-state index in [1.165, 1.54) is 0 Å². The van der Waals surface area contributed by atoms with E-state index in [0.29, 0.717) is 32.3 Å². The third kappa shape index (κ3) is 3.79. The number of pyridine rings is 1. The fourth-order valence-corrected chi connectivity index (χ4v) is 3.64. The number of ether oxygens (including phenoxy) is 3. The Morgan fingerprint density at radius 3 is 2.45 bits per heavy atom. The molecule has 9 heteroatoms. The van der Waals surface area contributed by atoms with Crippen LogP contribution in [0.5, 0.6) is 5.75 Å². The van der Waals surface area contributed by atoms with Gasteiger partial charge in [-0.2, -0.15) is 4.68 Å². The van der Waals surface area contributed by atoms with Crippen molar-refractivity contribution in [2.75, 3.05) is 31.2 Å². The maximum Gasteiger partial charge on any atom is 0.250 e. The molecule has 2 fully saturated rings. The van der Waals surface area contributed by atoms with Crippen LogP contribution in [0.25, 0.3) is 5.69 Å². The minimum Gasteiger partial charge on any atom is -0.484 e. The van der Waals surface area contributed by atoms with Crippen LogP contribution in [-0.4, -0.2) is 69.8 Å². The number of nitrogens with zero attached hydrogens (tertiary/aromatic N) is 6. The average molecular weight is 394 g/mol. The van der Waals surface area contributed by atoms with E-state index in [0.717, 1.165) is 17.1 Å². The third-order valence-corrected chi connectivity index (χ3v) is 5.13. The molecular weight excluding hydrogens is 372 g/mol. The number of fused-ring (bicyclic) bond motifs is 1. The molecule has 0 unspecified atom stereocenters. The fourth-order valence-electron chi connectivity index (χ4n) is 3.64. The van der Waals surface area contributed by atoms with Gasteiger partial charge >= 0.3 is 0 Å². The molecule has 4 heterocycles. The maximum absolute atomic E-state index is 6.12. The number of aromatic nitrogens is 5. The molecule has 0 aliphatic carbocycles. The summed E-state index contributed by atoms with van der Waals surface area (Å²) in [6.45, 7) is 4.20. The molecular formula is C20H22N6O3. The van der Waals surface area contributed by atoms with E-state index in [-0.39, 0.29) is 18.3 Å². The molecule has 1 aromatic carbocycles. The lowest BCUT2D eigenvalue weighted by molar-refractivity contribution is -0.00461. The molecule has 0 amide bonds. The minimum absolute atomic E-state index is 0.0549. The fraction of sp³-hybridized carbons (Fsp3) is 0.400. The zero-order valence-electron chi connectivity index (χ0n) is 16.1. The normalized spacial score (nSPS) is 22.3. The first kappa shape index (κ1) is 18.0. The zero-order valence-corrected chi connectivity index (χ0v) is 16.1. The number of para-hydroxylation sites is 1. The first-order chi connectivity index (χ1) is 14.3. The summed E-state index contributed by atoms with van der Waals surface area (Å²) < 4.78 is 19.9. The predicted molar refractivity (Wildman–Crippen MR) is 104 cm³/mol. The standard InChI is InChI=1S/C20H22N6O3/c1-14-7-8-16(9-21-14)29-17-12-27-18-10-25(11-19(18)28-13-17)20-22-23-24-26(20)15-5-3-2-4-6-15/h2-9,17-19H,10-13H2,1H3/t18-,19-/m0/s1. The van der Waals surface area contributed by atoms with E-state index < -0.39 is 0 Å². The van der Waals surface area contributed by atoms with Crippen LogP contribution in [-0.2, 0) is 9.47 Å². The summed E-state index contributed by atoms with van der Waals surface area (Å²) >= 11 is 0. The molecule has 3 aromatic rings. The molecule has 29 heavy (non-hydrogen) atoms. The van der Waals surface area contributed by atoms with Gasteiger partial charge in [0, 0.05) is 18.8 Å². The average Bonchev–Trinajstić information content (AvgIpc) is 3.35. The van der Waals surface area contributed by atoms with Crippen molar-refractivity contribution in [2.24, 2.45) is 0 Å². The number of anilines is 1. The lowest BCUT2D eigenvalue weighted by Gasteiger charge is -2.19. The number of benzene rings is 1. The Morgan fingerprint density at radius 1 is 1.00 bits per heavy atom. The van der Waals surface area contributed by atoms with Crippen LogP contribution in [0.1, 0.15) is 5.69 Å². The van der Waals surface area contributed by atoms with Gasteiger partial charge in [0.1, 0.15) is 24.1 Å². The summed E-state index contributed by atoms with van der Waals surface area (Å²) in [7, 11) is 0. The third-order valence-electron chi connectivity index (χ3n) is 5.13. The van der Waals surface area contributed by atoms with Crippen LogP contribution in [0.3, 0.4) is 0 Å². The summed E-state index contributed by atoms with van der Waals surface area (Å²) in [5, 5.41) is 12.2. The smallest absolute Gasteiger partial charge is 0.250 e. The van der Waals surface area contributed by atoms with Gasteiger partial charge < -0.3 is 19.1 Å². The molecule has 2 saturated heterocycles. The lowest BCUT2D eigenvalue weighted by Crippen LogP contribution is -2.30. The number of tetrazole rings is 1. The monoisotopic (exact) mass is 394 g/mol. The Morgan fingerprint density at radius 2 is 1.76 bits per heavy atom. The summed E-state index contributed by atoms with van der Waals surface area (Å²) in [5.41, 5.74) is 1.87. The minimum atomic E-state index is -0.159. The molecule has 0 N–H and O–H groups in total. The van der Waals surface area contributed by atoms with Crippen molar-refractivity contribution in [3.05, 3.63) is 54.4 Å². The van der Waals surface area contributed by atoms with Crippen LogP contribution >= 0.6 is 0 Å². The Kier molecular flexibility index (Phi) is 4.82. The van der Waals surface area contributed by atoms with E-state index in [4.69, 9.17) is 14.2 Å². The van der Waals surface area contributed by atoms with Gasteiger partial charge in [0.25, 0.3) is 5.95 Å². The second-order valence-electron chi connectivity index (χ2n) is 7.25. The first-order valence-electron chi connectivity index (χ1n) is 9.67. The van der Waals surface area contributed by atoms with Crippen LogP contribution < -0.4 is 9.64 Å². The molecule has 2 aliphatic heterocycles. The molecule has 2 aromatic heterocycles. The molecule has 2 atom stereocenters. The number of hydrogen-bond donors (Lipinski definition) is 0. The molecule has 2 aliphatic rings. The van der Waals surface area contributed by atoms with Crippen molar-refractivity contribution >= 4 is 5.95 Å². The summed E-state index contributed by atoms with van der Waals surface area (Å²) in [6.07, 6.45) is 1.46. The Bertz CT molecular complexity index is 932. The second-order valence-corrected chi connectivity index (χ2v) is 7.25. The van der Waals surface area contributed by atoms with Crippen LogP contribution in [0.15, 0.2) is 48.7 Å². The second kappa shape index (κ2) is 7.76. The molecule has 150 valence electrons. The van der Waals surface area contributed by atoms with Gasteiger partial charge in [-0.3, -0.25) is 4.98 Å². The number of hydrogen-bond acceptors (Lipinski definition) is 8. The highest BCUT2D eigenvalue weighted by molar-refractivity contribution is 5.42. The Labute approximate surface area is 168 Å². The van der Waals surface area contributed by atoms with E-state index in [9.17, 15) is 0 Å². The van der Waals surface area contributed by atoms with E-state index >= 15 is 0 Å². The highest BCUT2D eigenvalue weighted by Gasteiger charge is 2.39. The summed E-state index contributed by atoms with van der Waals surface area (Å²) in [5.74, 6) is 1.42. The molecule has 0 bridgehead atoms. The first-order valence-corrected chi connectivity index (χ1v) is 9.67. The highest BCUT2D eigenvalue weighted by atomic mass is 16.6. The van der Waals surface area contributed by atoms with Crippen molar-refractivity contribution in [3.8, 4) is 11.4 Å². The van der Waals surface area contributed by atoms with Crippen molar-refractivity contribution < 1.29 is 14.2 Å². The SMILES string of the molecule is Cc1ccc(OC2CO[C@H]3CN(c4nnnn4-c4ccccc4)C[C@@H]3OC2)cn1. The van der Waals surface area contributed by atoms with Gasteiger partial charge in [-0.25, -0.2) is 0 Å². The lowest BCUT2D eigenvalue weighted by atomic mass is 10.3. The van der Waals surface area contributed by atoms with Gasteiger partial charge in [0.05, 0.1) is 25.1 Å². The van der Waals surface area contributed by atoms with Crippen molar-refractivity contribution in [2.45, 2.75) is 25.2 Å². The number of aryl methyl sites for hydroxylation is 1. The van der Waals surface area contributed by atoms with Gasteiger partial charge in [-0.05, 0) is 41.6 Å². The zero-order chi connectivity index (χ0) is 19.6. The Balaban J connectivity index is 1.24. The van der Waals surface area contributed by atoms with E-state index in [1.54, 1.807) is 10.9 Å². The van der Waals surface area contributed by atoms with E-state index in [2.05, 4.69) is 25.4 Å². The molecule has 5 rings (SSSR count). The maximum atomic E-state index is 6.12. The van der Waals surface area contributed by atoms with Crippen LogP contribution in [0, 0.1) is 6.92 Å². The Hall–Kier alpha value is -3.04. The van der Waals surface area contributed by atoms with Gasteiger partial charge in [0.15, 0.2) is 0 Å². The summed E-state index contributed by atoms with van der Waals surface area (Å²) in [6, 6.07) is 13.7. The van der Waals surface area contributed by atoms with Crippen molar-refractivity contribution in [1.82, 2.24) is 25.2 Å². The topological polar surface area (TPSA) is 87.4 Å². The van der Waals surface area contributed by atoms with Crippen molar-refractivity contribution in [1.29, 1.82) is 0 Å². The van der Waals surface area contributed by atoms with Gasteiger partial charge in [0.2, 0.25) is 0 Å². The largest absolute Gasteiger partial charge is 0.484 e. The van der Waals surface area contributed by atoms with Gasteiger partial charge in [-0.1, -0.05) is 23.3 Å². The van der Waals surface area contributed by atoms with Crippen LogP contribution in [0.4, 0.5) is 5.95 Å². The molecule has 0 spiro atoms. The highest BCUT2D eigenvalue weighted by Crippen LogP contribution is 2.26.